The number of nitrogens with zero attached hydrogens (tertiary/aromatic N) is 1. The maximum atomic E-state index is 11.2. The van der Waals surface area contributed by atoms with Gasteiger partial charge in [-0.3, -0.25) is 4.79 Å². The molecule has 0 fully saturated rings. The smallest absolute Gasteiger partial charge is 0.159 e. The summed E-state index contributed by atoms with van der Waals surface area (Å²) in [6, 6.07) is 0. The first kappa shape index (κ1) is 11.7. The van der Waals surface area contributed by atoms with Gasteiger partial charge in [0.2, 0.25) is 0 Å². The lowest BCUT2D eigenvalue weighted by molar-refractivity contribution is -0.115. The summed E-state index contributed by atoms with van der Waals surface area (Å²) in [6.07, 6.45) is 3.74. The van der Waals surface area contributed by atoms with Crippen LogP contribution in [0.4, 0.5) is 0 Å². The Hall–Kier alpha value is -0.340. The van der Waals surface area contributed by atoms with Crippen molar-refractivity contribution in [3.05, 3.63) is 11.6 Å². The van der Waals surface area contributed by atoms with Crippen molar-refractivity contribution in [2.45, 2.75) is 19.8 Å². The van der Waals surface area contributed by atoms with Crippen LogP contribution in [0.5, 0.6) is 0 Å². The Morgan fingerprint density at radius 2 is 2.33 bits per heavy atom. The number of Topliss-reactive ketones (excluding diaryl/α,β-unsaturated/α-hetero) is 1. The van der Waals surface area contributed by atoms with E-state index >= 15 is 0 Å². The van der Waals surface area contributed by atoms with E-state index in [-0.39, 0.29) is 12.4 Å². The second kappa shape index (κ2) is 5.33. The van der Waals surface area contributed by atoms with Gasteiger partial charge in [-0.2, -0.15) is 0 Å². The van der Waals surface area contributed by atoms with Crippen LogP contribution in [-0.2, 0) is 4.79 Å². The van der Waals surface area contributed by atoms with Crippen molar-refractivity contribution in [3.8, 4) is 0 Å². The standard InChI is InChI=1S/C9H15NO.ClH/c1-3-9(11)8-5-4-6-10(2)7-8;/h5H,3-4,6-7H2,1-2H3;1H. The third kappa shape index (κ3) is 2.95. The molecule has 1 heterocycles. The minimum Gasteiger partial charge on any atom is -0.302 e. The predicted molar refractivity (Wildman–Crippen MR) is 52.7 cm³/mol. The van der Waals surface area contributed by atoms with Crippen LogP contribution >= 0.6 is 12.4 Å². The number of likely N-dealkylation sites (N-methyl/N-ethyl adjacent to an activating group) is 1. The lowest BCUT2D eigenvalue weighted by atomic mass is 10.0. The van der Waals surface area contributed by atoms with E-state index in [0.29, 0.717) is 12.2 Å². The molecule has 1 aliphatic heterocycles. The van der Waals surface area contributed by atoms with Crippen LogP contribution in [0, 0.1) is 0 Å². The van der Waals surface area contributed by atoms with Crippen LogP contribution < -0.4 is 0 Å². The highest BCUT2D eigenvalue weighted by atomic mass is 35.5. The van der Waals surface area contributed by atoms with Crippen LogP contribution in [0.15, 0.2) is 11.6 Å². The van der Waals surface area contributed by atoms with Gasteiger partial charge in [-0.05, 0) is 13.5 Å². The zero-order valence-corrected chi connectivity index (χ0v) is 8.49. The molecule has 0 aromatic carbocycles. The summed E-state index contributed by atoms with van der Waals surface area (Å²) in [5.41, 5.74) is 1.00. The van der Waals surface area contributed by atoms with Gasteiger partial charge >= 0.3 is 0 Å². The second-order valence-electron chi connectivity index (χ2n) is 3.03. The molecule has 0 radical (unpaired) electrons. The average molecular weight is 190 g/mol. The minimum absolute atomic E-state index is 0. The summed E-state index contributed by atoms with van der Waals surface area (Å²) in [6.45, 7) is 3.84. The van der Waals surface area contributed by atoms with Gasteiger partial charge in [0.25, 0.3) is 0 Å². The fourth-order valence-corrected chi connectivity index (χ4v) is 1.32. The zero-order chi connectivity index (χ0) is 8.27. The highest BCUT2D eigenvalue weighted by Crippen LogP contribution is 2.09. The van der Waals surface area contributed by atoms with Crippen LogP contribution in [0.2, 0.25) is 0 Å². The van der Waals surface area contributed by atoms with Crippen LogP contribution in [0.1, 0.15) is 19.8 Å². The van der Waals surface area contributed by atoms with Crippen molar-refractivity contribution in [1.29, 1.82) is 0 Å². The molecule has 1 rings (SSSR count). The monoisotopic (exact) mass is 189 g/mol. The quantitative estimate of drug-likeness (QED) is 0.659. The van der Waals surface area contributed by atoms with E-state index in [1.807, 2.05) is 6.92 Å². The molecule has 1 aliphatic rings. The summed E-state index contributed by atoms with van der Waals surface area (Å²) in [5, 5.41) is 0. The Labute approximate surface area is 80.0 Å². The van der Waals surface area contributed by atoms with Crippen molar-refractivity contribution in [2.75, 3.05) is 20.1 Å². The fraction of sp³-hybridized carbons (Fsp3) is 0.667. The summed E-state index contributed by atoms with van der Waals surface area (Å²) in [7, 11) is 2.05. The Kier molecular flexibility index (Phi) is 5.18. The van der Waals surface area contributed by atoms with Crippen molar-refractivity contribution in [2.24, 2.45) is 0 Å². The SMILES string of the molecule is CCC(=O)C1=CCCN(C)C1.Cl. The van der Waals surface area contributed by atoms with Gasteiger partial charge in [-0.15, -0.1) is 12.4 Å². The lowest BCUT2D eigenvalue weighted by Crippen LogP contribution is -2.28. The Morgan fingerprint density at radius 1 is 1.67 bits per heavy atom. The molecule has 0 saturated heterocycles. The van der Waals surface area contributed by atoms with Crippen LogP contribution in [-0.4, -0.2) is 30.8 Å². The largest absolute Gasteiger partial charge is 0.302 e. The Balaban J connectivity index is 0.00000121. The van der Waals surface area contributed by atoms with Gasteiger partial charge in [0.1, 0.15) is 0 Å². The maximum absolute atomic E-state index is 11.2. The molecule has 0 N–H and O–H groups in total. The molecular weight excluding hydrogens is 174 g/mol. The van der Waals surface area contributed by atoms with Crippen LogP contribution in [0.25, 0.3) is 0 Å². The van der Waals surface area contributed by atoms with Crippen molar-refractivity contribution in [1.82, 2.24) is 4.90 Å². The van der Waals surface area contributed by atoms with E-state index in [9.17, 15) is 4.79 Å². The number of hydrogen-bond acceptors (Lipinski definition) is 2. The molecular formula is C9H16ClNO. The Morgan fingerprint density at radius 3 is 2.83 bits per heavy atom. The number of halogens is 1. The van der Waals surface area contributed by atoms with Crippen LogP contribution in [0.3, 0.4) is 0 Å². The van der Waals surface area contributed by atoms with E-state index in [2.05, 4.69) is 18.0 Å². The van der Waals surface area contributed by atoms with E-state index in [0.717, 1.165) is 25.1 Å². The molecule has 0 aromatic heterocycles. The van der Waals surface area contributed by atoms with Gasteiger partial charge < -0.3 is 4.90 Å². The summed E-state index contributed by atoms with van der Waals surface area (Å²) in [4.78, 5) is 13.4. The van der Waals surface area contributed by atoms with E-state index in [1.165, 1.54) is 0 Å². The van der Waals surface area contributed by atoms with Gasteiger partial charge in [-0.25, -0.2) is 0 Å². The molecule has 0 aliphatic carbocycles. The molecule has 0 bridgehead atoms. The first-order valence-corrected chi connectivity index (χ1v) is 4.14. The molecule has 0 amide bonds. The van der Waals surface area contributed by atoms with Crippen molar-refractivity contribution < 1.29 is 4.79 Å². The topological polar surface area (TPSA) is 20.3 Å². The lowest BCUT2D eigenvalue weighted by Gasteiger charge is -2.21. The highest BCUT2D eigenvalue weighted by Gasteiger charge is 2.12. The van der Waals surface area contributed by atoms with Crippen molar-refractivity contribution >= 4 is 18.2 Å². The van der Waals surface area contributed by atoms with Gasteiger partial charge in [0.05, 0.1) is 0 Å². The number of ketones is 1. The normalized spacial score (nSPS) is 18.0. The third-order valence-corrected chi connectivity index (χ3v) is 2.02. The zero-order valence-electron chi connectivity index (χ0n) is 7.67. The minimum atomic E-state index is 0. The van der Waals surface area contributed by atoms with Crippen molar-refractivity contribution in [3.63, 3.8) is 0 Å². The third-order valence-electron chi connectivity index (χ3n) is 2.02. The molecule has 0 spiro atoms. The number of rotatable bonds is 2. The molecule has 0 saturated carbocycles. The molecule has 0 unspecified atom stereocenters. The van der Waals surface area contributed by atoms with E-state index in [1.54, 1.807) is 0 Å². The summed E-state index contributed by atoms with van der Waals surface area (Å²) in [5.74, 6) is 0.302. The maximum Gasteiger partial charge on any atom is 0.159 e. The fourth-order valence-electron chi connectivity index (χ4n) is 1.32. The molecule has 0 aromatic rings. The number of carbonyl (C=O) groups is 1. The number of carbonyl (C=O) groups excluding carboxylic acids is 1. The molecule has 3 heteroatoms. The predicted octanol–water partition coefficient (Wildman–Crippen LogP) is 1.65. The summed E-state index contributed by atoms with van der Waals surface area (Å²) < 4.78 is 0. The first-order valence-electron chi connectivity index (χ1n) is 4.14. The molecule has 70 valence electrons. The van der Waals surface area contributed by atoms with Gasteiger partial charge in [0, 0.05) is 25.1 Å². The molecule has 0 atom stereocenters. The summed E-state index contributed by atoms with van der Waals surface area (Å²) >= 11 is 0. The first-order chi connectivity index (χ1) is 5.24. The number of hydrogen-bond donors (Lipinski definition) is 0. The average Bonchev–Trinajstić information content (AvgIpc) is 2.03. The molecule has 12 heavy (non-hydrogen) atoms. The Bertz CT molecular complexity index is 189. The van der Waals surface area contributed by atoms with E-state index in [4.69, 9.17) is 0 Å². The van der Waals surface area contributed by atoms with E-state index < -0.39 is 0 Å². The van der Waals surface area contributed by atoms with Gasteiger partial charge in [-0.1, -0.05) is 13.0 Å². The van der Waals surface area contributed by atoms with Gasteiger partial charge in [0.15, 0.2) is 5.78 Å². The second-order valence-corrected chi connectivity index (χ2v) is 3.03. The highest BCUT2D eigenvalue weighted by molar-refractivity contribution is 5.95. The molecule has 2 nitrogen and oxygen atoms in total.